The van der Waals surface area contributed by atoms with Gasteiger partial charge in [0.25, 0.3) is 0 Å². The van der Waals surface area contributed by atoms with E-state index >= 15 is 0 Å². The Morgan fingerprint density at radius 1 is 1.32 bits per heavy atom. The molecule has 114 valence electrons. The van der Waals surface area contributed by atoms with Crippen LogP contribution in [-0.4, -0.2) is 61.5 Å². The van der Waals surface area contributed by atoms with Crippen LogP contribution in [-0.2, 0) is 4.79 Å². The first-order valence-electron chi connectivity index (χ1n) is 6.10. The van der Waals surface area contributed by atoms with E-state index in [1.54, 1.807) is 30.8 Å². The molecule has 1 amide bonds. The smallest absolute Gasteiger partial charge is 0.243 e. The number of halogens is 1. The fraction of sp³-hybridized carbons (Fsp3) is 0.833. The Morgan fingerprint density at radius 3 is 2.32 bits per heavy atom. The summed E-state index contributed by atoms with van der Waals surface area (Å²) in [6, 6.07) is 0. The van der Waals surface area contributed by atoms with Crippen LogP contribution in [0.15, 0.2) is 4.99 Å². The van der Waals surface area contributed by atoms with Crippen molar-refractivity contribution in [1.82, 2.24) is 15.5 Å². The number of carbonyl (C=O) groups excluding carboxylic acids is 1. The third-order valence-electron chi connectivity index (χ3n) is 2.45. The lowest BCUT2D eigenvalue weighted by molar-refractivity contribution is -0.127. The van der Waals surface area contributed by atoms with E-state index in [4.69, 9.17) is 0 Å². The van der Waals surface area contributed by atoms with E-state index in [0.717, 1.165) is 13.1 Å². The highest BCUT2D eigenvalue weighted by Crippen LogP contribution is 2.19. The predicted molar refractivity (Wildman–Crippen MR) is 95.7 cm³/mol. The molecule has 0 bridgehead atoms. The number of aliphatic imine (C=N–C) groups is 1. The molecular weight excluding hydrogens is 375 g/mol. The summed E-state index contributed by atoms with van der Waals surface area (Å²) >= 11 is 1.80. The van der Waals surface area contributed by atoms with Crippen molar-refractivity contribution in [1.29, 1.82) is 0 Å². The first kappa shape index (κ1) is 21.1. The minimum absolute atomic E-state index is 0. The minimum atomic E-state index is -0.00340. The fourth-order valence-electron chi connectivity index (χ4n) is 0.999. The first-order valence-corrected chi connectivity index (χ1v) is 7.32. The summed E-state index contributed by atoms with van der Waals surface area (Å²) in [6.07, 6.45) is 2.08. The zero-order valence-corrected chi connectivity index (χ0v) is 15.9. The number of nitrogens with one attached hydrogen (secondary N) is 2. The van der Waals surface area contributed by atoms with E-state index in [2.05, 4.69) is 35.7 Å². The van der Waals surface area contributed by atoms with Gasteiger partial charge in [0.2, 0.25) is 5.91 Å². The number of hydrogen-bond acceptors (Lipinski definition) is 3. The molecule has 0 aromatic carbocycles. The molecule has 0 saturated heterocycles. The van der Waals surface area contributed by atoms with Crippen LogP contribution >= 0.6 is 35.7 Å². The second-order valence-corrected chi connectivity index (χ2v) is 6.31. The Kier molecular flexibility index (Phi) is 11.8. The van der Waals surface area contributed by atoms with Gasteiger partial charge in [0.1, 0.15) is 6.54 Å². The molecule has 0 heterocycles. The average Bonchev–Trinajstić information content (AvgIpc) is 2.32. The van der Waals surface area contributed by atoms with Crippen molar-refractivity contribution in [3.63, 3.8) is 0 Å². The minimum Gasteiger partial charge on any atom is -0.357 e. The van der Waals surface area contributed by atoms with Gasteiger partial charge in [-0.05, 0) is 27.0 Å². The molecule has 5 nitrogen and oxygen atoms in total. The summed E-state index contributed by atoms with van der Waals surface area (Å²) in [5, 5.41) is 6.39. The van der Waals surface area contributed by atoms with Crippen molar-refractivity contribution in [2.75, 3.05) is 40.0 Å². The molecule has 0 aliphatic carbocycles. The van der Waals surface area contributed by atoms with Crippen LogP contribution in [0.5, 0.6) is 0 Å². The maximum Gasteiger partial charge on any atom is 0.243 e. The molecule has 19 heavy (non-hydrogen) atoms. The van der Waals surface area contributed by atoms with E-state index in [0.29, 0.717) is 5.96 Å². The van der Waals surface area contributed by atoms with E-state index in [1.165, 1.54) is 0 Å². The number of carbonyl (C=O) groups is 1. The van der Waals surface area contributed by atoms with Gasteiger partial charge in [-0.15, -0.1) is 24.0 Å². The van der Waals surface area contributed by atoms with Crippen molar-refractivity contribution in [3.05, 3.63) is 0 Å². The van der Waals surface area contributed by atoms with Gasteiger partial charge in [-0.25, -0.2) is 4.99 Å². The van der Waals surface area contributed by atoms with Crippen molar-refractivity contribution >= 4 is 47.6 Å². The highest BCUT2D eigenvalue weighted by atomic mass is 127. The Bertz CT molecular complexity index is 295. The Hall–Kier alpha value is -0.180. The molecule has 0 aromatic rings. The summed E-state index contributed by atoms with van der Waals surface area (Å²) < 4.78 is 0.141. The molecule has 0 aliphatic rings. The molecule has 0 spiro atoms. The number of amides is 1. The molecular formula is C12H27IN4OS. The third-order valence-corrected chi connectivity index (χ3v) is 3.70. The maximum absolute atomic E-state index is 11.5. The summed E-state index contributed by atoms with van der Waals surface area (Å²) in [7, 11) is 3.46. The molecule has 0 aliphatic heterocycles. The lowest BCUT2D eigenvalue weighted by Gasteiger charge is -2.23. The number of nitrogens with zero attached hydrogens (tertiary/aromatic N) is 2. The van der Waals surface area contributed by atoms with E-state index in [1.807, 2.05) is 6.92 Å². The van der Waals surface area contributed by atoms with E-state index in [9.17, 15) is 4.79 Å². The molecule has 0 rings (SSSR count). The number of guanidine groups is 1. The molecule has 0 aromatic heterocycles. The quantitative estimate of drug-likeness (QED) is 0.401. The van der Waals surface area contributed by atoms with Crippen molar-refractivity contribution in [2.24, 2.45) is 4.99 Å². The third kappa shape index (κ3) is 10.3. The second-order valence-electron chi connectivity index (χ2n) is 4.80. The topological polar surface area (TPSA) is 56.7 Å². The summed E-state index contributed by atoms with van der Waals surface area (Å²) in [5.41, 5.74) is 0. The lowest BCUT2D eigenvalue weighted by atomic mass is 10.2. The normalized spacial score (nSPS) is 11.6. The second kappa shape index (κ2) is 10.6. The molecule has 0 unspecified atom stereocenters. The summed E-state index contributed by atoms with van der Waals surface area (Å²) in [6.45, 7) is 8.09. The van der Waals surface area contributed by atoms with Gasteiger partial charge in [-0.1, -0.05) is 0 Å². The van der Waals surface area contributed by atoms with Crippen molar-refractivity contribution in [2.45, 2.75) is 25.5 Å². The predicted octanol–water partition coefficient (Wildman–Crippen LogP) is 1.39. The van der Waals surface area contributed by atoms with Crippen LogP contribution < -0.4 is 10.6 Å². The van der Waals surface area contributed by atoms with E-state index in [-0.39, 0.29) is 41.2 Å². The Morgan fingerprint density at radius 2 is 1.89 bits per heavy atom. The first-order chi connectivity index (χ1) is 8.32. The van der Waals surface area contributed by atoms with Crippen LogP contribution in [0.3, 0.4) is 0 Å². The van der Waals surface area contributed by atoms with Crippen LogP contribution in [0.4, 0.5) is 0 Å². The summed E-state index contributed by atoms with van der Waals surface area (Å²) in [4.78, 5) is 17.3. The standard InChI is InChI=1S/C12H26N4OS.HI/c1-7-13-11(14-8-10(17)16(4)5)15-9-12(2,3)18-6;/h7-9H2,1-6H3,(H2,13,14,15);1H. The zero-order chi connectivity index (χ0) is 14.2. The zero-order valence-electron chi connectivity index (χ0n) is 12.7. The van der Waals surface area contributed by atoms with Crippen molar-refractivity contribution < 1.29 is 4.79 Å². The van der Waals surface area contributed by atoms with Crippen molar-refractivity contribution in [3.8, 4) is 0 Å². The van der Waals surface area contributed by atoms with Crippen LogP contribution in [0.1, 0.15) is 20.8 Å². The van der Waals surface area contributed by atoms with Crippen LogP contribution in [0.25, 0.3) is 0 Å². The van der Waals surface area contributed by atoms with Gasteiger partial charge in [-0.3, -0.25) is 4.79 Å². The molecule has 7 heteroatoms. The molecule has 0 radical (unpaired) electrons. The Balaban J connectivity index is 0. The highest BCUT2D eigenvalue weighted by Gasteiger charge is 2.16. The average molecular weight is 402 g/mol. The molecule has 0 fully saturated rings. The lowest BCUT2D eigenvalue weighted by Crippen LogP contribution is -2.43. The largest absolute Gasteiger partial charge is 0.357 e. The molecule has 0 saturated carbocycles. The SMILES string of the molecule is CCNC(=NCC(=O)N(C)C)NCC(C)(C)SC.I. The van der Waals surface area contributed by atoms with Crippen LogP contribution in [0.2, 0.25) is 0 Å². The molecule has 2 N–H and O–H groups in total. The van der Waals surface area contributed by atoms with Gasteiger partial charge in [0, 0.05) is 31.9 Å². The highest BCUT2D eigenvalue weighted by molar-refractivity contribution is 14.0. The van der Waals surface area contributed by atoms with Gasteiger partial charge in [0.05, 0.1) is 0 Å². The van der Waals surface area contributed by atoms with E-state index < -0.39 is 0 Å². The monoisotopic (exact) mass is 402 g/mol. The number of hydrogen-bond donors (Lipinski definition) is 2. The molecule has 0 atom stereocenters. The number of thioether (sulfide) groups is 1. The Labute approximate surface area is 138 Å². The number of likely N-dealkylation sites (N-methyl/N-ethyl adjacent to an activating group) is 1. The van der Waals surface area contributed by atoms with Gasteiger partial charge in [0.15, 0.2) is 5.96 Å². The number of rotatable bonds is 6. The van der Waals surface area contributed by atoms with Gasteiger partial charge >= 0.3 is 0 Å². The maximum atomic E-state index is 11.5. The summed E-state index contributed by atoms with van der Waals surface area (Å²) in [5.74, 6) is 0.686. The van der Waals surface area contributed by atoms with Gasteiger partial charge < -0.3 is 15.5 Å². The van der Waals surface area contributed by atoms with Crippen LogP contribution in [0, 0.1) is 0 Å². The van der Waals surface area contributed by atoms with Gasteiger partial charge in [-0.2, -0.15) is 11.8 Å². The fourth-order valence-corrected chi connectivity index (χ4v) is 1.22.